The molecule has 1 heterocycles. The lowest BCUT2D eigenvalue weighted by atomic mass is 10.2. The van der Waals surface area contributed by atoms with Crippen LogP contribution in [0.25, 0.3) is 0 Å². The molecule has 0 aromatic rings. The zero-order valence-corrected chi connectivity index (χ0v) is 11.7. The van der Waals surface area contributed by atoms with Gasteiger partial charge < -0.3 is 9.64 Å². The lowest BCUT2D eigenvalue weighted by molar-refractivity contribution is 0.0256. The largest absolute Gasteiger partial charge is 0.444 e. The summed E-state index contributed by atoms with van der Waals surface area (Å²) >= 11 is 0. The van der Waals surface area contributed by atoms with E-state index in [9.17, 15) is 13.2 Å². The van der Waals surface area contributed by atoms with Gasteiger partial charge in [-0.1, -0.05) is 0 Å². The van der Waals surface area contributed by atoms with E-state index >= 15 is 0 Å². The SMILES string of the molecule is CC(C)(C)OC(=O)N1CCC[C@H]1/C=C/S(N)(=O)=O. The van der Waals surface area contributed by atoms with Gasteiger partial charge in [0, 0.05) is 12.0 Å². The van der Waals surface area contributed by atoms with Crippen LogP contribution in [0.15, 0.2) is 11.5 Å². The Labute approximate surface area is 108 Å². The predicted octanol–water partition coefficient (Wildman–Crippen LogP) is 1.19. The molecule has 0 saturated carbocycles. The van der Waals surface area contributed by atoms with Crippen LogP contribution in [0, 0.1) is 0 Å². The number of amides is 1. The van der Waals surface area contributed by atoms with E-state index in [1.807, 2.05) is 0 Å². The third-order valence-corrected chi connectivity index (χ3v) is 2.95. The highest BCUT2D eigenvalue weighted by Crippen LogP contribution is 2.21. The first-order valence-electron chi connectivity index (χ1n) is 5.79. The van der Waals surface area contributed by atoms with Crippen LogP contribution >= 0.6 is 0 Å². The fourth-order valence-corrected chi connectivity index (χ4v) is 2.14. The summed E-state index contributed by atoms with van der Waals surface area (Å²) < 4.78 is 27.0. The first kappa shape index (κ1) is 15.0. The molecule has 1 rings (SSSR count). The van der Waals surface area contributed by atoms with E-state index in [0.29, 0.717) is 13.0 Å². The van der Waals surface area contributed by atoms with Gasteiger partial charge in [-0.25, -0.2) is 18.4 Å². The molecule has 18 heavy (non-hydrogen) atoms. The molecule has 1 amide bonds. The summed E-state index contributed by atoms with van der Waals surface area (Å²) in [5.74, 6) is 0. The van der Waals surface area contributed by atoms with Crippen molar-refractivity contribution >= 4 is 16.1 Å². The number of primary sulfonamides is 1. The van der Waals surface area contributed by atoms with Gasteiger partial charge in [0.25, 0.3) is 0 Å². The Bertz CT molecular complexity index is 436. The molecule has 1 atom stereocenters. The van der Waals surface area contributed by atoms with Crippen LogP contribution in [-0.4, -0.2) is 37.6 Å². The predicted molar refractivity (Wildman–Crippen MR) is 68.2 cm³/mol. The van der Waals surface area contributed by atoms with Gasteiger partial charge in [-0.15, -0.1) is 0 Å². The average Bonchev–Trinajstić information content (AvgIpc) is 2.58. The van der Waals surface area contributed by atoms with Gasteiger partial charge in [0.1, 0.15) is 5.60 Å². The van der Waals surface area contributed by atoms with E-state index in [4.69, 9.17) is 9.88 Å². The number of nitrogens with two attached hydrogens (primary N) is 1. The number of nitrogens with zero attached hydrogens (tertiary/aromatic N) is 1. The van der Waals surface area contributed by atoms with E-state index in [-0.39, 0.29) is 6.04 Å². The molecular formula is C11H20N2O4S. The van der Waals surface area contributed by atoms with Crippen LogP contribution in [0.3, 0.4) is 0 Å². The molecule has 0 spiro atoms. The molecule has 7 heteroatoms. The zero-order chi connectivity index (χ0) is 14.0. The molecule has 104 valence electrons. The van der Waals surface area contributed by atoms with E-state index in [1.165, 1.54) is 11.0 Å². The lowest BCUT2D eigenvalue weighted by Crippen LogP contribution is -2.39. The molecule has 1 fully saturated rings. The molecule has 6 nitrogen and oxygen atoms in total. The van der Waals surface area contributed by atoms with Crippen molar-refractivity contribution in [3.8, 4) is 0 Å². The molecule has 0 unspecified atom stereocenters. The van der Waals surface area contributed by atoms with E-state index in [1.54, 1.807) is 20.8 Å². The van der Waals surface area contributed by atoms with Crippen molar-refractivity contribution in [2.24, 2.45) is 5.14 Å². The summed E-state index contributed by atoms with van der Waals surface area (Å²) in [6.45, 7) is 5.93. The summed E-state index contributed by atoms with van der Waals surface area (Å²) in [5, 5.41) is 5.82. The van der Waals surface area contributed by atoms with Crippen molar-refractivity contribution in [1.82, 2.24) is 4.90 Å². The Morgan fingerprint density at radius 3 is 2.56 bits per heavy atom. The molecular weight excluding hydrogens is 256 g/mol. The van der Waals surface area contributed by atoms with Crippen LogP contribution in [0.2, 0.25) is 0 Å². The van der Waals surface area contributed by atoms with Crippen LogP contribution in [0.4, 0.5) is 4.79 Å². The summed E-state index contributed by atoms with van der Waals surface area (Å²) in [5.41, 5.74) is -0.562. The van der Waals surface area contributed by atoms with Gasteiger partial charge >= 0.3 is 6.09 Å². The van der Waals surface area contributed by atoms with Crippen LogP contribution < -0.4 is 5.14 Å². The number of ether oxygens (including phenoxy) is 1. The second kappa shape index (κ2) is 5.27. The van der Waals surface area contributed by atoms with Crippen molar-refractivity contribution in [2.45, 2.75) is 45.3 Å². The first-order chi connectivity index (χ1) is 8.08. The molecule has 2 N–H and O–H groups in total. The minimum Gasteiger partial charge on any atom is -0.444 e. The number of carbonyl (C=O) groups excluding carboxylic acids is 1. The fraction of sp³-hybridized carbons (Fsp3) is 0.727. The standard InChI is InChI=1S/C11H20N2O4S/c1-11(2,3)17-10(14)13-7-4-5-9(13)6-8-18(12,15)16/h6,8-9H,4-5,7H2,1-3H3,(H2,12,15,16)/b8-6+/t9-/m0/s1. The quantitative estimate of drug-likeness (QED) is 0.820. The molecule has 0 aromatic carbocycles. The normalized spacial score (nSPS) is 21.6. The second-order valence-electron chi connectivity index (χ2n) is 5.30. The number of likely N-dealkylation sites (tertiary alicyclic amines) is 1. The monoisotopic (exact) mass is 276 g/mol. The number of hydrogen-bond acceptors (Lipinski definition) is 4. The molecule has 1 aliphatic rings. The fourth-order valence-electron chi connectivity index (χ4n) is 1.74. The van der Waals surface area contributed by atoms with Crippen molar-refractivity contribution in [3.05, 3.63) is 11.5 Å². The third-order valence-electron chi connectivity index (χ3n) is 2.42. The smallest absolute Gasteiger partial charge is 0.410 e. The third kappa shape index (κ3) is 5.05. The number of rotatable bonds is 2. The highest BCUT2D eigenvalue weighted by molar-refractivity contribution is 7.92. The minimum absolute atomic E-state index is 0.266. The Morgan fingerprint density at radius 2 is 2.06 bits per heavy atom. The maximum atomic E-state index is 11.9. The Balaban J connectivity index is 2.71. The molecule has 0 bridgehead atoms. The summed E-state index contributed by atoms with van der Waals surface area (Å²) in [6.07, 6.45) is 2.54. The topological polar surface area (TPSA) is 89.7 Å². The van der Waals surface area contributed by atoms with Crippen LogP contribution in [0.5, 0.6) is 0 Å². The number of carbonyl (C=O) groups is 1. The van der Waals surface area contributed by atoms with E-state index in [0.717, 1.165) is 11.8 Å². The van der Waals surface area contributed by atoms with Crippen LogP contribution in [0.1, 0.15) is 33.6 Å². The van der Waals surface area contributed by atoms with E-state index < -0.39 is 21.7 Å². The Morgan fingerprint density at radius 1 is 1.44 bits per heavy atom. The van der Waals surface area contributed by atoms with Gasteiger partial charge in [0.15, 0.2) is 0 Å². The number of sulfonamides is 1. The highest BCUT2D eigenvalue weighted by Gasteiger charge is 2.30. The summed E-state index contributed by atoms with van der Waals surface area (Å²) in [7, 11) is -3.66. The van der Waals surface area contributed by atoms with Crippen molar-refractivity contribution in [2.75, 3.05) is 6.54 Å². The molecule has 1 saturated heterocycles. The number of hydrogen-bond donors (Lipinski definition) is 1. The maximum Gasteiger partial charge on any atom is 0.410 e. The molecule has 1 aliphatic heterocycles. The minimum atomic E-state index is -3.66. The maximum absolute atomic E-state index is 11.9. The molecule has 0 aliphatic carbocycles. The lowest BCUT2D eigenvalue weighted by Gasteiger charge is -2.27. The first-order valence-corrected chi connectivity index (χ1v) is 7.40. The van der Waals surface area contributed by atoms with Gasteiger partial charge in [-0.05, 0) is 39.7 Å². The molecule has 0 radical (unpaired) electrons. The van der Waals surface area contributed by atoms with E-state index in [2.05, 4.69) is 0 Å². The van der Waals surface area contributed by atoms with Gasteiger partial charge in [-0.2, -0.15) is 0 Å². The van der Waals surface area contributed by atoms with Crippen molar-refractivity contribution < 1.29 is 17.9 Å². The van der Waals surface area contributed by atoms with Gasteiger partial charge in [0.2, 0.25) is 10.0 Å². The zero-order valence-electron chi connectivity index (χ0n) is 10.9. The van der Waals surface area contributed by atoms with Crippen LogP contribution in [-0.2, 0) is 14.8 Å². The van der Waals surface area contributed by atoms with Crippen molar-refractivity contribution in [3.63, 3.8) is 0 Å². The second-order valence-corrected chi connectivity index (χ2v) is 6.75. The molecule has 0 aromatic heterocycles. The Hall–Kier alpha value is -1.08. The average molecular weight is 276 g/mol. The van der Waals surface area contributed by atoms with Gasteiger partial charge in [0.05, 0.1) is 6.04 Å². The van der Waals surface area contributed by atoms with Crippen molar-refractivity contribution in [1.29, 1.82) is 0 Å². The highest BCUT2D eigenvalue weighted by atomic mass is 32.2. The van der Waals surface area contributed by atoms with Gasteiger partial charge in [-0.3, -0.25) is 0 Å². The Kier molecular flexibility index (Phi) is 4.39. The summed E-state index contributed by atoms with van der Waals surface area (Å²) in [6, 6.07) is -0.266. The summed E-state index contributed by atoms with van der Waals surface area (Å²) in [4.78, 5) is 13.4.